The number of amides is 1. The highest BCUT2D eigenvalue weighted by Crippen LogP contribution is 2.35. The minimum absolute atomic E-state index is 0.0222. The molecule has 0 aliphatic heterocycles. The quantitative estimate of drug-likeness (QED) is 0.467. The third kappa shape index (κ3) is 4.92. The van der Waals surface area contributed by atoms with Crippen LogP contribution in [-0.4, -0.2) is 20.4 Å². The molecular weight excluding hydrogens is 380 g/mol. The van der Waals surface area contributed by atoms with Gasteiger partial charge < -0.3 is 5.32 Å². The molecule has 2 aromatic heterocycles. The predicted molar refractivity (Wildman–Crippen MR) is 115 cm³/mol. The van der Waals surface area contributed by atoms with E-state index >= 15 is 0 Å². The summed E-state index contributed by atoms with van der Waals surface area (Å²) < 4.78 is 1.84. The molecule has 0 aliphatic carbocycles. The summed E-state index contributed by atoms with van der Waals surface area (Å²) in [5.74, 6) is 0.749. The van der Waals surface area contributed by atoms with Gasteiger partial charge in [0, 0.05) is 30.0 Å². The van der Waals surface area contributed by atoms with Gasteiger partial charge >= 0.3 is 0 Å². The van der Waals surface area contributed by atoms with E-state index in [1.165, 1.54) is 0 Å². The van der Waals surface area contributed by atoms with Crippen molar-refractivity contribution in [3.63, 3.8) is 0 Å². The van der Waals surface area contributed by atoms with Gasteiger partial charge in [-0.05, 0) is 35.4 Å². The molecule has 6 heteroatoms. The van der Waals surface area contributed by atoms with Crippen molar-refractivity contribution in [1.29, 1.82) is 0 Å². The highest BCUT2D eigenvalue weighted by atomic mass is 32.2. The average molecular weight is 401 g/mol. The van der Waals surface area contributed by atoms with E-state index in [0.717, 1.165) is 21.8 Å². The molecule has 0 fully saturated rings. The first kappa shape index (κ1) is 19.0. The lowest BCUT2D eigenvalue weighted by molar-refractivity contribution is -0.120. The molecule has 1 atom stereocenters. The Labute approximate surface area is 173 Å². The third-order valence-electron chi connectivity index (χ3n) is 4.38. The van der Waals surface area contributed by atoms with Crippen LogP contribution in [-0.2, 0) is 11.3 Å². The molecule has 4 rings (SSSR count). The number of aromatic nitrogens is 3. The van der Waals surface area contributed by atoms with E-state index in [4.69, 9.17) is 0 Å². The van der Waals surface area contributed by atoms with Gasteiger partial charge in [0.15, 0.2) is 0 Å². The molecule has 1 unspecified atom stereocenters. The summed E-state index contributed by atoms with van der Waals surface area (Å²) in [4.78, 5) is 22.5. The summed E-state index contributed by atoms with van der Waals surface area (Å²) >= 11 is 1.55. The van der Waals surface area contributed by atoms with Crippen LogP contribution in [0.5, 0.6) is 0 Å². The number of rotatable bonds is 7. The molecule has 0 aliphatic rings. The number of carbonyl (C=O) groups excluding carboxylic acids is 1. The van der Waals surface area contributed by atoms with E-state index in [-0.39, 0.29) is 11.2 Å². The lowest BCUT2D eigenvalue weighted by Crippen LogP contribution is -2.27. The molecule has 0 bridgehead atoms. The highest BCUT2D eigenvalue weighted by Gasteiger charge is 2.21. The van der Waals surface area contributed by atoms with Crippen molar-refractivity contribution in [3.05, 3.63) is 109 Å². The Morgan fingerprint density at radius 2 is 1.76 bits per heavy atom. The Balaban J connectivity index is 1.49. The minimum atomic E-state index is -0.325. The van der Waals surface area contributed by atoms with Gasteiger partial charge in [0.1, 0.15) is 17.4 Å². The number of hydrogen-bond acceptors (Lipinski definition) is 4. The van der Waals surface area contributed by atoms with E-state index in [9.17, 15) is 4.79 Å². The second-order valence-electron chi connectivity index (χ2n) is 6.43. The lowest BCUT2D eigenvalue weighted by atomic mass is 10.1. The molecule has 0 saturated carbocycles. The van der Waals surface area contributed by atoms with Gasteiger partial charge in [-0.15, -0.1) is 11.8 Å². The van der Waals surface area contributed by atoms with Crippen LogP contribution in [0.2, 0.25) is 0 Å². The third-order valence-corrected chi connectivity index (χ3v) is 5.65. The molecule has 0 radical (unpaired) electrons. The molecule has 29 heavy (non-hydrogen) atoms. The van der Waals surface area contributed by atoms with Gasteiger partial charge in [-0.2, -0.15) is 0 Å². The van der Waals surface area contributed by atoms with E-state index in [0.29, 0.717) is 6.54 Å². The molecule has 1 N–H and O–H groups in total. The summed E-state index contributed by atoms with van der Waals surface area (Å²) in [6, 6.07) is 23.7. The Bertz CT molecular complexity index is 1050. The van der Waals surface area contributed by atoms with Crippen LogP contribution in [0.15, 0.2) is 103 Å². The predicted octanol–water partition coefficient (Wildman–Crippen LogP) is 4.42. The van der Waals surface area contributed by atoms with Crippen LogP contribution >= 0.6 is 11.8 Å². The average Bonchev–Trinajstić information content (AvgIpc) is 3.32. The van der Waals surface area contributed by atoms with Crippen LogP contribution in [0.1, 0.15) is 16.4 Å². The number of hydrogen-bond donors (Lipinski definition) is 1. The van der Waals surface area contributed by atoms with Crippen LogP contribution in [0.25, 0.3) is 5.82 Å². The number of pyridine rings is 1. The number of nitrogens with one attached hydrogen (secondary N) is 1. The van der Waals surface area contributed by atoms with Crippen molar-refractivity contribution in [2.45, 2.75) is 16.7 Å². The zero-order chi connectivity index (χ0) is 19.9. The number of benzene rings is 2. The second kappa shape index (κ2) is 9.21. The first-order chi connectivity index (χ1) is 14.3. The molecule has 5 nitrogen and oxygen atoms in total. The van der Waals surface area contributed by atoms with E-state index in [2.05, 4.69) is 15.3 Å². The minimum Gasteiger partial charge on any atom is -0.351 e. The van der Waals surface area contributed by atoms with Gasteiger partial charge in [0.05, 0.1) is 0 Å². The summed E-state index contributed by atoms with van der Waals surface area (Å²) in [6.07, 6.45) is 6.99. The van der Waals surface area contributed by atoms with Gasteiger partial charge in [0.2, 0.25) is 5.91 Å². The van der Waals surface area contributed by atoms with Crippen molar-refractivity contribution in [3.8, 4) is 5.82 Å². The monoisotopic (exact) mass is 400 g/mol. The smallest absolute Gasteiger partial charge is 0.238 e. The SMILES string of the molecule is O=C(NCc1ccnc(-n2ccnc2)c1)C(Sc1ccccc1)c1ccccc1. The molecule has 0 saturated heterocycles. The number of nitrogens with zero attached hydrogens (tertiary/aromatic N) is 3. The van der Waals surface area contributed by atoms with Crippen LogP contribution in [0.3, 0.4) is 0 Å². The first-order valence-electron chi connectivity index (χ1n) is 9.27. The van der Waals surface area contributed by atoms with Gasteiger partial charge in [-0.25, -0.2) is 9.97 Å². The first-order valence-corrected chi connectivity index (χ1v) is 10.2. The van der Waals surface area contributed by atoms with Crippen molar-refractivity contribution in [2.24, 2.45) is 0 Å². The molecular formula is C23H20N4OS. The zero-order valence-electron chi connectivity index (χ0n) is 15.7. The van der Waals surface area contributed by atoms with E-state index in [1.54, 1.807) is 30.5 Å². The van der Waals surface area contributed by atoms with Crippen LogP contribution in [0.4, 0.5) is 0 Å². The maximum atomic E-state index is 13.1. The largest absolute Gasteiger partial charge is 0.351 e. The van der Waals surface area contributed by atoms with Crippen molar-refractivity contribution in [2.75, 3.05) is 0 Å². The Morgan fingerprint density at radius 3 is 2.48 bits per heavy atom. The fourth-order valence-corrected chi connectivity index (χ4v) is 3.99. The second-order valence-corrected chi connectivity index (χ2v) is 7.61. The molecule has 2 heterocycles. The Hall–Kier alpha value is -3.38. The van der Waals surface area contributed by atoms with Gasteiger partial charge in [0.25, 0.3) is 0 Å². The highest BCUT2D eigenvalue weighted by molar-refractivity contribution is 8.00. The number of carbonyl (C=O) groups is 1. The molecule has 1 amide bonds. The van der Waals surface area contributed by atoms with Crippen LogP contribution < -0.4 is 5.32 Å². The van der Waals surface area contributed by atoms with E-state index < -0.39 is 0 Å². The van der Waals surface area contributed by atoms with Crippen LogP contribution in [0, 0.1) is 0 Å². The fraction of sp³-hybridized carbons (Fsp3) is 0.0870. The molecule has 4 aromatic rings. The summed E-state index contributed by atoms with van der Waals surface area (Å²) in [7, 11) is 0. The molecule has 144 valence electrons. The Kier molecular flexibility index (Phi) is 6.02. The zero-order valence-corrected chi connectivity index (χ0v) is 16.5. The van der Waals surface area contributed by atoms with Gasteiger partial charge in [-0.3, -0.25) is 9.36 Å². The maximum Gasteiger partial charge on any atom is 0.238 e. The van der Waals surface area contributed by atoms with Crippen molar-refractivity contribution >= 4 is 17.7 Å². The fourth-order valence-electron chi connectivity index (χ4n) is 2.92. The van der Waals surface area contributed by atoms with Gasteiger partial charge in [-0.1, -0.05) is 48.5 Å². The summed E-state index contributed by atoms with van der Waals surface area (Å²) in [5.41, 5.74) is 1.96. The summed E-state index contributed by atoms with van der Waals surface area (Å²) in [6.45, 7) is 0.432. The maximum absolute atomic E-state index is 13.1. The lowest BCUT2D eigenvalue weighted by Gasteiger charge is -2.17. The topological polar surface area (TPSA) is 59.8 Å². The van der Waals surface area contributed by atoms with Crippen molar-refractivity contribution in [1.82, 2.24) is 19.9 Å². The Morgan fingerprint density at radius 1 is 1.00 bits per heavy atom. The molecule has 0 spiro atoms. The van der Waals surface area contributed by atoms with Crippen molar-refractivity contribution < 1.29 is 4.79 Å². The standard InChI is InChI=1S/C23H20N4OS/c28-23(26-16-18-11-12-25-21(15-18)27-14-13-24-17-27)22(19-7-3-1-4-8-19)29-20-9-5-2-6-10-20/h1-15,17,22H,16H2,(H,26,28). The molecule has 2 aromatic carbocycles. The number of thioether (sulfide) groups is 1. The normalized spacial score (nSPS) is 11.7. The summed E-state index contributed by atoms with van der Waals surface area (Å²) in [5, 5.41) is 2.75. The van der Waals surface area contributed by atoms with E-state index in [1.807, 2.05) is 83.6 Å². The number of imidazole rings is 1.